The molecule has 1 aromatic carbocycles. The standard InChI is InChI=1S/C17H18N2O4S/c1-2-12(17(22)23)18-16(21)14(11-7-4-3-5-8-11)19-15(20)13-9-6-10-24-13/h3-10,12,14H,2H2,1H3,(H,18,21)(H,19,20)(H,22,23). The van der Waals surface area contributed by atoms with Crippen LogP contribution in [0.1, 0.15) is 34.6 Å². The maximum absolute atomic E-state index is 12.5. The van der Waals surface area contributed by atoms with Crippen molar-refractivity contribution in [3.63, 3.8) is 0 Å². The van der Waals surface area contributed by atoms with Gasteiger partial charge in [-0.25, -0.2) is 4.79 Å². The van der Waals surface area contributed by atoms with E-state index in [2.05, 4.69) is 10.6 Å². The lowest BCUT2D eigenvalue weighted by Gasteiger charge is -2.21. The van der Waals surface area contributed by atoms with Crippen LogP contribution >= 0.6 is 11.3 Å². The second-order valence-corrected chi connectivity index (χ2v) is 6.05. The third-order valence-electron chi connectivity index (χ3n) is 3.44. The Morgan fingerprint density at radius 2 is 1.79 bits per heavy atom. The highest BCUT2D eigenvalue weighted by molar-refractivity contribution is 7.12. The number of nitrogens with one attached hydrogen (secondary N) is 2. The van der Waals surface area contributed by atoms with E-state index in [1.54, 1.807) is 54.8 Å². The van der Waals surface area contributed by atoms with Gasteiger partial charge in [0.05, 0.1) is 4.88 Å². The minimum atomic E-state index is -1.11. The monoisotopic (exact) mass is 346 g/mol. The summed E-state index contributed by atoms with van der Waals surface area (Å²) in [4.78, 5) is 36.4. The third-order valence-corrected chi connectivity index (χ3v) is 4.31. The Balaban J connectivity index is 2.21. The summed E-state index contributed by atoms with van der Waals surface area (Å²) in [5.74, 6) is -2.04. The second kappa shape index (κ2) is 8.26. The zero-order valence-corrected chi connectivity index (χ0v) is 13.9. The molecule has 2 rings (SSSR count). The van der Waals surface area contributed by atoms with Crippen molar-refractivity contribution in [3.05, 3.63) is 58.3 Å². The molecule has 7 heteroatoms. The molecule has 0 radical (unpaired) electrons. The Kier molecular flexibility index (Phi) is 6.08. The fourth-order valence-corrected chi connectivity index (χ4v) is 2.78. The predicted molar refractivity (Wildman–Crippen MR) is 90.8 cm³/mol. The fraction of sp³-hybridized carbons (Fsp3) is 0.235. The molecule has 2 amide bonds. The zero-order valence-electron chi connectivity index (χ0n) is 13.1. The van der Waals surface area contributed by atoms with Crippen molar-refractivity contribution < 1.29 is 19.5 Å². The number of carbonyl (C=O) groups is 3. The number of benzene rings is 1. The van der Waals surface area contributed by atoms with E-state index >= 15 is 0 Å². The molecular formula is C17H18N2O4S. The van der Waals surface area contributed by atoms with E-state index in [-0.39, 0.29) is 12.3 Å². The molecule has 2 aromatic rings. The number of amides is 2. The van der Waals surface area contributed by atoms with Gasteiger partial charge in [-0.1, -0.05) is 43.3 Å². The first-order valence-electron chi connectivity index (χ1n) is 7.45. The van der Waals surface area contributed by atoms with E-state index in [1.807, 2.05) is 0 Å². The van der Waals surface area contributed by atoms with Gasteiger partial charge in [-0.3, -0.25) is 9.59 Å². The Morgan fingerprint density at radius 3 is 2.33 bits per heavy atom. The number of thiophene rings is 1. The van der Waals surface area contributed by atoms with Crippen molar-refractivity contribution in [2.24, 2.45) is 0 Å². The summed E-state index contributed by atoms with van der Waals surface area (Å²) in [6, 6.07) is 10.2. The highest BCUT2D eigenvalue weighted by Gasteiger charge is 2.27. The minimum Gasteiger partial charge on any atom is -0.480 e. The topological polar surface area (TPSA) is 95.5 Å². The molecule has 0 spiro atoms. The summed E-state index contributed by atoms with van der Waals surface area (Å²) < 4.78 is 0. The van der Waals surface area contributed by atoms with E-state index in [0.29, 0.717) is 10.4 Å². The van der Waals surface area contributed by atoms with E-state index in [9.17, 15) is 14.4 Å². The van der Waals surface area contributed by atoms with Gasteiger partial charge in [0, 0.05) is 0 Å². The number of carbonyl (C=O) groups excluding carboxylic acids is 2. The number of hydrogen-bond acceptors (Lipinski definition) is 4. The average Bonchev–Trinajstić information content (AvgIpc) is 3.12. The smallest absolute Gasteiger partial charge is 0.326 e. The van der Waals surface area contributed by atoms with Crippen LogP contribution < -0.4 is 10.6 Å². The van der Waals surface area contributed by atoms with Gasteiger partial charge in [0.2, 0.25) is 5.91 Å². The van der Waals surface area contributed by atoms with Gasteiger partial charge in [-0.05, 0) is 23.4 Å². The lowest BCUT2D eigenvalue weighted by molar-refractivity contribution is -0.142. The molecule has 0 aliphatic heterocycles. The normalized spacial score (nSPS) is 12.9. The molecule has 1 heterocycles. The lowest BCUT2D eigenvalue weighted by atomic mass is 10.1. The molecule has 0 saturated carbocycles. The van der Waals surface area contributed by atoms with Crippen molar-refractivity contribution in [1.29, 1.82) is 0 Å². The molecule has 0 bridgehead atoms. The number of carboxylic acids is 1. The zero-order chi connectivity index (χ0) is 17.5. The van der Waals surface area contributed by atoms with Gasteiger partial charge in [0.1, 0.15) is 12.1 Å². The van der Waals surface area contributed by atoms with Crippen LogP contribution in [0.25, 0.3) is 0 Å². The molecular weight excluding hydrogens is 328 g/mol. The van der Waals surface area contributed by atoms with Crippen molar-refractivity contribution in [3.8, 4) is 0 Å². The summed E-state index contributed by atoms with van der Waals surface area (Å²) in [7, 11) is 0. The summed E-state index contributed by atoms with van der Waals surface area (Å²) in [5.41, 5.74) is 0.583. The SMILES string of the molecule is CCC(NC(=O)C(NC(=O)c1cccs1)c1ccccc1)C(=O)O. The number of hydrogen-bond donors (Lipinski definition) is 3. The Hall–Kier alpha value is -2.67. The van der Waals surface area contributed by atoms with Crippen LogP contribution in [-0.4, -0.2) is 28.9 Å². The van der Waals surface area contributed by atoms with Gasteiger partial charge in [0.15, 0.2) is 0 Å². The molecule has 24 heavy (non-hydrogen) atoms. The predicted octanol–water partition coefficient (Wildman–Crippen LogP) is 2.20. The largest absolute Gasteiger partial charge is 0.480 e. The van der Waals surface area contributed by atoms with Gasteiger partial charge < -0.3 is 15.7 Å². The van der Waals surface area contributed by atoms with E-state index in [0.717, 1.165) is 0 Å². The highest BCUT2D eigenvalue weighted by Crippen LogP contribution is 2.16. The third kappa shape index (κ3) is 4.42. The molecule has 6 nitrogen and oxygen atoms in total. The van der Waals surface area contributed by atoms with Crippen LogP contribution in [0.2, 0.25) is 0 Å². The Labute approximate surface area is 143 Å². The molecule has 2 atom stereocenters. The van der Waals surface area contributed by atoms with E-state index in [4.69, 9.17) is 5.11 Å². The first-order valence-corrected chi connectivity index (χ1v) is 8.33. The Bertz CT molecular complexity index is 701. The van der Waals surface area contributed by atoms with Gasteiger partial charge >= 0.3 is 5.97 Å². The fourth-order valence-electron chi connectivity index (χ4n) is 2.15. The summed E-state index contributed by atoms with van der Waals surface area (Å²) in [6.45, 7) is 1.67. The quantitative estimate of drug-likeness (QED) is 0.716. The maximum atomic E-state index is 12.5. The first kappa shape index (κ1) is 17.7. The molecule has 0 saturated heterocycles. The van der Waals surface area contributed by atoms with Crippen LogP contribution in [-0.2, 0) is 9.59 Å². The molecule has 0 aliphatic carbocycles. The summed E-state index contributed by atoms with van der Waals surface area (Å²) >= 11 is 1.27. The van der Waals surface area contributed by atoms with Gasteiger partial charge in [-0.15, -0.1) is 11.3 Å². The molecule has 126 valence electrons. The van der Waals surface area contributed by atoms with Gasteiger partial charge in [0.25, 0.3) is 5.91 Å². The molecule has 0 fully saturated rings. The number of rotatable bonds is 7. The molecule has 0 aliphatic rings. The Morgan fingerprint density at radius 1 is 1.08 bits per heavy atom. The van der Waals surface area contributed by atoms with Gasteiger partial charge in [-0.2, -0.15) is 0 Å². The highest BCUT2D eigenvalue weighted by atomic mass is 32.1. The molecule has 1 aromatic heterocycles. The number of carboxylic acid groups (broad SMARTS) is 1. The van der Waals surface area contributed by atoms with E-state index in [1.165, 1.54) is 11.3 Å². The van der Waals surface area contributed by atoms with Crippen molar-refractivity contribution in [2.45, 2.75) is 25.4 Å². The lowest BCUT2D eigenvalue weighted by Crippen LogP contribution is -2.47. The minimum absolute atomic E-state index is 0.251. The second-order valence-electron chi connectivity index (χ2n) is 5.10. The van der Waals surface area contributed by atoms with Crippen LogP contribution in [0.5, 0.6) is 0 Å². The van der Waals surface area contributed by atoms with Crippen molar-refractivity contribution in [2.75, 3.05) is 0 Å². The van der Waals surface area contributed by atoms with E-state index < -0.39 is 24.0 Å². The summed E-state index contributed by atoms with van der Waals surface area (Å²) in [6.07, 6.45) is 0.251. The summed E-state index contributed by atoms with van der Waals surface area (Å²) in [5, 5.41) is 16.0. The molecule has 3 N–H and O–H groups in total. The van der Waals surface area contributed by atoms with Crippen LogP contribution in [0.4, 0.5) is 0 Å². The maximum Gasteiger partial charge on any atom is 0.326 e. The molecule has 2 unspecified atom stereocenters. The average molecular weight is 346 g/mol. The van der Waals surface area contributed by atoms with Crippen molar-refractivity contribution >= 4 is 29.1 Å². The van der Waals surface area contributed by atoms with Crippen molar-refractivity contribution in [1.82, 2.24) is 10.6 Å². The number of aliphatic carboxylic acids is 1. The van der Waals surface area contributed by atoms with Crippen LogP contribution in [0.3, 0.4) is 0 Å². The van der Waals surface area contributed by atoms with Crippen LogP contribution in [0.15, 0.2) is 47.8 Å². The van der Waals surface area contributed by atoms with Crippen LogP contribution in [0, 0.1) is 0 Å². The first-order chi connectivity index (χ1) is 11.5.